The van der Waals surface area contributed by atoms with E-state index in [0.29, 0.717) is 36.3 Å². The first-order chi connectivity index (χ1) is 19.8. The van der Waals surface area contributed by atoms with Gasteiger partial charge in [-0.1, -0.05) is 44.2 Å². The van der Waals surface area contributed by atoms with E-state index in [0.717, 1.165) is 48.2 Å². The largest absolute Gasteiger partial charge is 0.466 e. The number of carbonyl (C=O) groups excluding carboxylic acids is 1. The van der Waals surface area contributed by atoms with Gasteiger partial charge in [0.25, 0.3) is 0 Å². The van der Waals surface area contributed by atoms with Gasteiger partial charge < -0.3 is 9.64 Å². The van der Waals surface area contributed by atoms with E-state index >= 15 is 0 Å². The zero-order chi connectivity index (χ0) is 30.7. The number of halogens is 6. The summed E-state index contributed by atoms with van der Waals surface area (Å²) in [5.74, 6) is -0.719. The van der Waals surface area contributed by atoms with Gasteiger partial charge in [-0.15, -0.1) is 0 Å². The number of carbonyl (C=O) groups is 1. The molecular weight excluding hydrogens is 556 g/mol. The minimum Gasteiger partial charge on any atom is -0.466 e. The number of esters is 1. The SMILES string of the molecule is CCOC(=O)C(CC(C)C)c1cc(-c2ccc(C(F)(F)F)cc2)cc(C2CCCN(c3ccc(C(F)(F)F)cc3)C2)c1. The fourth-order valence-corrected chi connectivity index (χ4v) is 5.56. The van der Waals surface area contributed by atoms with Gasteiger partial charge >= 0.3 is 18.3 Å². The van der Waals surface area contributed by atoms with Crippen LogP contribution in [0.25, 0.3) is 11.1 Å². The topological polar surface area (TPSA) is 29.5 Å². The van der Waals surface area contributed by atoms with Gasteiger partial charge in [0.15, 0.2) is 0 Å². The lowest BCUT2D eigenvalue weighted by Gasteiger charge is -2.35. The van der Waals surface area contributed by atoms with Crippen LogP contribution in [0.5, 0.6) is 0 Å². The normalized spacial score (nSPS) is 16.9. The molecule has 1 aliphatic rings. The van der Waals surface area contributed by atoms with Crippen molar-refractivity contribution in [2.24, 2.45) is 5.92 Å². The van der Waals surface area contributed by atoms with Crippen molar-refractivity contribution in [3.63, 3.8) is 0 Å². The molecule has 3 nitrogen and oxygen atoms in total. The van der Waals surface area contributed by atoms with E-state index < -0.39 is 29.4 Å². The van der Waals surface area contributed by atoms with Gasteiger partial charge in [-0.25, -0.2) is 0 Å². The molecule has 1 saturated heterocycles. The maximum atomic E-state index is 13.2. The van der Waals surface area contributed by atoms with Crippen LogP contribution < -0.4 is 4.90 Å². The molecule has 2 atom stereocenters. The van der Waals surface area contributed by atoms with Gasteiger partial charge in [-0.3, -0.25) is 4.79 Å². The highest BCUT2D eigenvalue weighted by atomic mass is 19.4. The summed E-state index contributed by atoms with van der Waals surface area (Å²) >= 11 is 0. The molecule has 226 valence electrons. The van der Waals surface area contributed by atoms with Crippen molar-refractivity contribution in [1.82, 2.24) is 0 Å². The number of alkyl halides is 6. The summed E-state index contributed by atoms with van der Waals surface area (Å²) in [6.45, 7) is 7.23. The molecule has 1 heterocycles. The summed E-state index contributed by atoms with van der Waals surface area (Å²) in [5, 5.41) is 0. The van der Waals surface area contributed by atoms with Crippen molar-refractivity contribution in [2.45, 2.75) is 64.2 Å². The quantitative estimate of drug-likeness (QED) is 0.193. The minimum absolute atomic E-state index is 0.00362. The predicted octanol–water partition coefficient (Wildman–Crippen LogP) is 9.47. The molecule has 1 fully saturated rings. The summed E-state index contributed by atoms with van der Waals surface area (Å²) in [6, 6.07) is 15.9. The van der Waals surface area contributed by atoms with E-state index in [2.05, 4.69) is 4.90 Å². The Bertz CT molecular complexity index is 1350. The van der Waals surface area contributed by atoms with Crippen LogP contribution in [-0.4, -0.2) is 25.7 Å². The molecule has 4 rings (SSSR count). The van der Waals surface area contributed by atoms with E-state index in [-0.39, 0.29) is 24.4 Å². The standard InChI is InChI=1S/C33H35F6NO2/c1-4-42-31(41)30(16-21(2)3)26-18-24(22-7-9-27(10-8-22)32(34,35)36)17-25(19-26)23-6-5-15-40(20-23)29-13-11-28(12-14-29)33(37,38)39/h7-14,17-19,21,23,30H,4-6,15-16,20H2,1-3H3. The van der Waals surface area contributed by atoms with E-state index in [4.69, 9.17) is 4.74 Å². The van der Waals surface area contributed by atoms with Crippen LogP contribution in [0.4, 0.5) is 32.0 Å². The summed E-state index contributed by atoms with van der Waals surface area (Å²) < 4.78 is 84.3. The lowest BCUT2D eigenvalue weighted by atomic mass is 9.83. The number of nitrogens with zero attached hydrogens (tertiary/aromatic N) is 1. The molecule has 3 aromatic carbocycles. The Morgan fingerprint density at radius 3 is 2.02 bits per heavy atom. The molecule has 0 spiro atoms. The van der Waals surface area contributed by atoms with Crippen molar-refractivity contribution in [3.8, 4) is 11.1 Å². The summed E-state index contributed by atoms with van der Waals surface area (Å²) in [5.41, 5.74) is 2.19. The van der Waals surface area contributed by atoms with Gasteiger partial charge in [0, 0.05) is 24.7 Å². The van der Waals surface area contributed by atoms with Crippen LogP contribution in [0.15, 0.2) is 66.7 Å². The average molecular weight is 592 g/mol. The smallest absolute Gasteiger partial charge is 0.416 e. The maximum absolute atomic E-state index is 13.2. The average Bonchev–Trinajstić information content (AvgIpc) is 2.95. The third kappa shape index (κ3) is 7.66. The molecule has 0 saturated carbocycles. The minimum atomic E-state index is -4.46. The van der Waals surface area contributed by atoms with E-state index in [1.54, 1.807) is 6.92 Å². The van der Waals surface area contributed by atoms with Crippen LogP contribution in [0.2, 0.25) is 0 Å². The highest BCUT2D eigenvalue weighted by Gasteiger charge is 2.32. The van der Waals surface area contributed by atoms with Gasteiger partial charge in [0.1, 0.15) is 0 Å². The van der Waals surface area contributed by atoms with Crippen LogP contribution in [0.3, 0.4) is 0 Å². The number of ether oxygens (including phenoxy) is 1. The highest BCUT2D eigenvalue weighted by molar-refractivity contribution is 5.79. The fraction of sp³-hybridized carbons (Fsp3) is 0.424. The Morgan fingerprint density at radius 1 is 0.881 bits per heavy atom. The number of rotatable bonds is 8. The summed E-state index contributed by atoms with van der Waals surface area (Å²) in [7, 11) is 0. The molecule has 2 unspecified atom stereocenters. The second-order valence-electron chi connectivity index (χ2n) is 11.2. The molecule has 0 radical (unpaired) electrons. The molecule has 9 heteroatoms. The van der Waals surface area contributed by atoms with Crippen molar-refractivity contribution in [1.29, 1.82) is 0 Å². The van der Waals surface area contributed by atoms with Crippen LogP contribution in [-0.2, 0) is 21.9 Å². The van der Waals surface area contributed by atoms with Crippen molar-refractivity contribution in [2.75, 3.05) is 24.6 Å². The Morgan fingerprint density at radius 2 is 1.48 bits per heavy atom. The number of hydrogen-bond donors (Lipinski definition) is 0. The Kier molecular flexibility index (Phi) is 9.58. The molecule has 0 N–H and O–H groups in total. The first kappa shape index (κ1) is 31.4. The van der Waals surface area contributed by atoms with Crippen LogP contribution >= 0.6 is 0 Å². The van der Waals surface area contributed by atoms with Gasteiger partial charge in [0.2, 0.25) is 0 Å². The Hall–Kier alpha value is -3.49. The summed E-state index contributed by atoms with van der Waals surface area (Å²) in [4.78, 5) is 15.1. The molecule has 3 aromatic rings. The Balaban J connectivity index is 1.73. The maximum Gasteiger partial charge on any atom is 0.416 e. The lowest BCUT2D eigenvalue weighted by Crippen LogP contribution is -2.34. The molecule has 0 aliphatic carbocycles. The van der Waals surface area contributed by atoms with Crippen LogP contribution in [0, 0.1) is 5.92 Å². The number of benzene rings is 3. The second kappa shape index (κ2) is 12.8. The van der Waals surface area contributed by atoms with Crippen LogP contribution in [0.1, 0.15) is 74.1 Å². The number of piperidine rings is 1. The number of anilines is 1. The zero-order valence-electron chi connectivity index (χ0n) is 23.9. The van der Waals surface area contributed by atoms with Crippen molar-refractivity contribution in [3.05, 3.63) is 89.0 Å². The first-order valence-corrected chi connectivity index (χ1v) is 14.2. The third-order valence-electron chi connectivity index (χ3n) is 7.66. The van der Waals surface area contributed by atoms with Gasteiger partial charge in [-0.05, 0) is 90.8 Å². The van der Waals surface area contributed by atoms with E-state index in [9.17, 15) is 31.1 Å². The van der Waals surface area contributed by atoms with E-state index in [1.807, 2.05) is 32.0 Å². The molecule has 0 bridgehead atoms. The predicted molar refractivity (Wildman–Crippen MR) is 151 cm³/mol. The monoisotopic (exact) mass is 591 g/mol. The van der Waals surface area contributed by atoms with E-state index in [1.165, 1.54) is 24.3 Å². The van der Waals surface area contributed by atoms with Crippen molar-refractivity contribution >= 4 is 11.7 Å². The lowest BCUT2D eigenvalue weighted by molar-refractivity contribution is -0.145. The zero-order valence-corrected chi connectivity index (χ0v) is 23.9. The second-order valence-corrected chi connectivity index (χ2v) is 11.2. The third-order valence-corrected chi connectivity index (χ3v) is 7.66. The molecule has 42 heavy (non-hydrogen) atoms. The number of hydrogen-bond acceptors (Lipinski definition) is 3. The molecule has 0 amide bonds. The fourth-order valence-electron chi connectivity index (χ4n) is 5.56. The summed E-state index contributed by atoms with van der Waals surface area (Å²) in [6.07, 6.45) is -6.71. The highest BCUT2D eigenvalue weighted by Crippen LogP contribution is 2.38. The first-order valence-electron chi connectivity index (χ1n) is 14.2. The van der Waals surface area contributed by atoms with Gasteiger partial charge in [-0.2, -0.15) is 26.3 Å². The van der Waals surface area contributed by atoms with Gasteiger partial charge in [0.05, 0.1) is 23.7 Å². The molecular formula is C33H35F6NO2. The Labute approximate surface area is 242 Å². The van der Waals surface area contributed by atoms with Crippen molar-refractivity contribution < 1.29 is 35.9 Å². The molecule has 0 aromatic heterocycles. The molecule has 1 aliphatic heterocycles.